The molecular weight excluding hydrogens is 316 g/mol. The van der Waals surface area contributed by atoms with Gasteiger partial charge in [0, 0.05) is 31.7 Å². The van der Waals surface area contributed by atoms with Gasteiger partial charge in [0.05, 0.1) is 24.2 Å². The average Bonchev–Trinajstić information content (AvgIpc) is 2.98. The third-order valence-electron chi connectivity index (χ3n) is 5.89. The van der Waals surface area contributed by atoms with Crippen LogP contribution in [0.1, 0.15) is 43.5 Å². The smallest absolute Gasteiger partial charge is 0.228 e. The molecule has 1 aromatic heterocycles. The molecule has 2 saturated heterocycles. The van der Waals surface area contributed by atoms with Crippen LogP contribution in [0.3, 0.4) is 0 Å². The van der Waals surface area contributed by atoms with E-state index in [1.54, 1.807) is 0 Å². The zero-order valence-corrected chi connectivity index (χ0v) is 15.3. The summed E-state index contributed by atoms with van der Waals surface area (Å²) in [5.41, 5.74) is 2.16. The van der Waals surface area contributed by atoms with Crippen LogP contribution in [0.2, 0.25) is 0 Å². The molecular formula is C19H28N4O2. The van der Waals surface area contributed by atoms with Crippen molar-refractivity contribution in [2.24, 2.45) is 11.8 Å². The SMILES string of the molecule is Cc1cc(C)n(CC2CCCN2C(=O)C2CC(=O)N(CC3CC3)C2)n1. The Morgan fingerprint density at radius 3 is 2.72 bits per heavy atom. The summed E-state index contributed by atoms with van der Waals surface area (Å²) in [4.78, 5) is 29.2. The van der Waals surface area contributed by atoms with Crippen LogP contribution in [0, 0.1) is 25.7 Å². The molecule has 0 bridgehead atoms. The topological polar surface area (TPSA) is 58.4 Å². The number of nitrogens with zero attached hydrogens (tertiary/aromatic N) is 4. The number of amides is 2. The normalized spacial score (nSPS) is 26.7. The summed E-state index contributed by atoms with van der Waals surface area (Å²) < 4.78 is 2.02. The molecule has 1 aliphatic carbocycles. The minimum absolute atomic E-state index is 0.146. The summed E-state index contributed by atoms with van der Waals surface area (Å²) in [6.07, 6.45) is 4.94. The van der Waals surface area contributed by atoms with E-state index in [2.05, 4.69) is 18.1 Å². The molecule has 2 unspecified atom stereocenters. The molecule has 6 heteroatoms. The quantitative estimate of drug-likeness (QED) is 0.818. The number of aryl methyl sites for hydroxylation is 2. The number of carbonyl (C=O) groups is 2. The molecule has 2 amide bonds. The van der Waals surface area contributed by atoms with Crippen LogP contribution in [0.25, 0.3) is 0 Å². The second kappa shape index (κ2) is 6.46. The summed E-state index contributed by atoms with van der Waals surface area (Å²) in [6.45, 7) is 7.12. The minimum Gasteiger partial charge on any atom is -0.342 e. The van der Waals surface area contributed by atoms with Gasteiger partial charge in [-0.15, -0.1) is 0 Å². The fraction of sp³-hybridized carbons (Fsp3) is 0.737. The molecule has 3 heterocycles. The van der Waals surface area contributed by atoms with E-state index in [1.807, 2.05) is 21.4 Å². The molecule has 0 radical (unpaired) electrons. The largest absolute Gasteiger partial charge is 0.342 e. The summed E-state index contributed by atoms with van der Waals surface area (Å²) in [5, 5.41) is 4.55. The van der Waals surface area contributed by atoms with E-state index in [0.29, 0.717) is 18.9 Å². The first kappa shape index (κ1) is 16.6. The highest BCUT2D eigenvalue weighted by molar-refractivity contribution is 5.89. The molecule has 6 nitrogen and oxygen atoms in total. The molecule has 1 saturated carbocycles. The summed E-state index contributed by atoms with van der Waals surface area (Å²) in [6, 6.07) is 2.28. The van der Waals surface area contributed by atoms with Gasteiger partial charge in [-0.25, -0.2) is 0 Å². The molecule has 4 rings (SSSR count). The number of rotatable bonds is 5. The van der Waals surface area contributed by atoms with Crippen molar-refractivity contribution < 1.29 is 9.59 Å². The van der Waals surface area contributed by atoms with Crippen LogP contribution in [0.5, 0.6) is 0 Å². The number of hydrogen-bond donors (Lipinski definition) is 0. The van der Waals surface area contributed by atoms with Crippen LogP contribution in [-0.4, -0.2) is 57.1 Å². The fourth-order valence-electron chi connectivity index (χ4n) is 4.34. The lowest BCUT2D eigenvalue weighted by molar-refractivity contribution is -0.136. The monoisotopic (exact) mass is 344 g/mol. The Hall–Kier alpha value is -1.85. The second-order valence-electron chi connectivity index (χ2n) is 8.08. The van der Waals surface area contributed by atoms with Crippen molar-refractivity contribution in [3.05, 3.63) is 17.5 Å². The van der Waals surface area contributed by atoms with Gasteiger partial charge in [0.15, 0.2) is 0 Å². The zero-order valence-electron chi connectivity index (χ0n) is 15.3. The zero-order chi connectivity index (χ0) is 17.6. The standard InChI is InChI=1S/C19H28N4O2/c1-13-8-14(2)23(20-13)12-17-4-3-7-22(17)19(25)16-9-18(24)21(11-16)10-15-5-6-15/h8,15-17H,3-7,9-12H2,1-2H3. The second-order valence-corrected chi connectivity index (χ2v) is 8.08. The van der Waals surface area contributed by atoms with Gasteiger partial charge in [0.25, 0.3) is 0 Å². The van der Waals surface area contributed by atoms with E-state index in [-0.39, 0.29) is 23.8 Å². The van der Waals surface area contributed by atoms with Crippen LogP contribution in [-0.2, 0) is 16.1 Å². The van der Waals surface area contributed by atoms with Gasteiger partial charge < -0.3 is 9.80 Å². The first-order chi connectivity index (χ1) is 12.0. The first-order valence-electron chi connectivity index (χ1n) is 9.60. The third kappa shape index (κ3) is 3.44. The highest BCUT2D eigenvalue weighted by Crippen LogP contribution is 2.33. The van der Waals surface area contributed by atoms with Gasteiger partial charge in [0.2, 0.25) is 11.8 Å². The molecule has 3 fully saturated rings. The molecule has 1 aromatic rings. The van der Waals surface area contributed by atoms with Crippen LogP contribution in [0.4, 0.5) is 0 Å². The van der Waals surface area contributed by atoms with Crippen molar-refractivity contribution in [3.63, 3.8) is 0 Å². The maximum absolute atomic E-state index is 13.0. The predicted molar refractivity (Wildman–Crippen MR) is 93.8 cm³/mol. The molecule has 2 atom stereocenters. The number of aromatic nitrogens is 2. The van der Waals surface area contributed by atoms with Gasteiger partial charge in [-0.2, -0.15) is 5.10 Å². The first-order valence-corrected chi connectivity index (χ1v) is 9.60. The Kier molecular flexibility index (Phi) is 4.29. The molecule has 136 valence electrons. The predicted octanol–water partition coefficient (Wildman–Crippen LogP) is 1.75. The van der Waals surface area contributed by atoms with E-state index < -0.39 is 0 Å². The van der Waals surface area contributed by atoms with Gasteiger partial charge in [-0.1, -0.05) is 0 Å². The Balaban J connectivity index is 1.40. The maximum Gasteiger partial charge on any atom is 0.228 e. The Morgan fingerprint density at radius 2 is 2.04 bits per heavy atom. The summed E-state index contributed by atoms with van der Waals surface area (Å²) in [5.74, 6) is 0.880. The lowest BCUT2D eigenvalue weighted by Gasteiger charge is -2.27. The van der Waals surface area contributed by atoms with E-state index >= 15 is 0 Å². The molecule has 3 aliphatic rings. The number of hydrogen-bond acceptors (Lipinski definition) is 3. The molecule has 0 spiro atoms. The van der Waals surface area contributed by atoms with Gasteiger partial charge in [0.1, 0.15) is 0 Å². The Morgan fingerprint density at radius 1 is 1.24 bits per heavy atom. The molecule has 2 aliphatic heterocycles. The average molecular weight is 344 g/mol. The minimum atomic E-state index is -0.146. The lowest BCUT2D eigenvalue weighted by Crippen LogP contribution is -2.42. The van der Waals surface area contributed by atoms with E-state index in [1.165, 1.54) is 12.8 Å². The van der Waals surface area contributed by atoms with Crippen molar-refractivity contribution in [1.82, 2.24) is 19.6 Å². The Labute approximate surface area is 149 Å². The number of likely N-dealkylation sites (tertiary alicyclic amines) is 2. The third-order valence-corrected chi connectivity index (χ3v) is 5.89. The van der Waals surface area contributed by atoms with Crippen molar-refractivity contribution in [1.29, 1.82) is 0 Å². The molecule has 0 aromatic carbocycles. The number of carbonyl (C=O) groups excluding carboxylic acids is 2. The Bertz CT molecular complexity index is 679. The lowest BCUT2D eigenvalue weighted by atomic mass is 10.1. The van der Waals surface area contributed by atoms with Crippen molar-refractivity contribution in [2.75, 3.05) is 19.6 Å². The van der Waals surface area contributed by atoms with Gasteiger partial charge in [-0.3, -0.25) is 14.3 Å². The molecule has 25 heavy (non-hydrogen) atoms. The van der Waals surface area contributed by atoms with Crippen LogP contribution in [0.15, 0.2) is 6.07 Å². The fourth-order valence-corrected chi connectivity index (χ4v) is 4.34. The van der Waals surface area contributed by atoms with E-state index in [4.69, 9.17) is 0 Å². The maximum atomic E-state index is 13.0. The summed E-state index contributed by atoms with van der Waals surface area (Å²) in [7, 11) is 0. The van der Waals surface area contributed by atoms with Crippen molar-refractivity contribution in [2.45, 2.75) is 58.5 Å². The van der Waals surface area contributed by atoms with Crippen LogP contribution >= 0.6 is 0 Å². The van der Waals surface area contributed by atoms with E-state index in [9.17, 15) is 9.59 Å². The van der Waals surface area contributed by atoms with Crippen molar-refractivity contribution in [3.8, 4) is 0 Å². The van der Waals surface area contributed by atoms with Gasteiger partial charge >= 0.3 is 0 Å². The molecule has 0 N–H and O–H groups in total. The van der Waals surface area contributed by atoms with Gasteiger partial charge in [-0.05, 0) is 51.5 Å². The van der Waals surface area contributed by atoms with Crippen LogP contribution < -0.4 is 0 Å². The van der Waals surface area contributed by atoms with E-state index in [0.717, 1.165) is 43.9 Å². The summed E-state index contributed by atoms with van der Waals surface area (Å²) >= 11 is 0. The van der Waals surface area contributed by atoms with Crippen molar-refractivity contribution >= 4 is 11.8 Å². The highest BCUT2D eigenvalue weighted by atomic mass is 16.2. The highest BCUT2D eigenvalue weighted by Gasteiger charge is 2.41.